The number of amides is 1. The summed E-state index contributed by atoms with van der Waals surface area (Å²) in [4.78, 5) is 27.5. The lowest BCUT2D eigenvalue weighted by Crippen LogP contribution is -2.48. The molecule has 24 heavy (non-hydrogen) atoms. The number of carbonyl (C=O) groups is 2. The molecule has 1 heterocycles. The molecule has 0 aliphatic carbocycles. The van der Waals surface area contributed by atoms with Crippen LogP contribution in [0.15, 0.2) is 54.6 Å². The Kier molecular flexibility index (Phi) is 4.91. The number of carboxylic acid groups (broad SMARTS) is 1. The first-order chi connectivity index (χ1) is 11.6. The molecule has 1 saturated heterocycles. The van der Waals surface area contributed by atoms with Crippen LogP contribution < -0.4 is 0 Å². The molecule has 0 unspecified atom stereocenters. The average molecular weight is 324 g/mol. The van der Waals surface area contributed by atoms with Gasteiger partial charge in [0.05, 0.1) is 5.56 Å². The number of carbonyl (C=O) groups excluding carboxylic acids is 1. The number of nitrogens with zero attached hydrogens (tertiary/aromatic N) is 2. The van der Waals surface area contributed by atoms with Gasteiger partial charge in [-0.05, 0) is 29.8 Å². The van der Waals surface area contributed by atoms with E-state index < -0.39 is 5.97 Å². The molecule has 0 saturated carbocycles. The molecular formula is C19H20N2O3. The Labute approximate surface area is 141 Å². The predicted octanol–water partition coefficient (Wildman–Crippen LogP) is 2.34. The molecule has 2 aromatic rings. The minimum atomic E-state index is -0.908. The molecule has 0 spiro atoms. The van der Waals surface area contributed by atoms with Crippen molar-refractivity contribution in [2.24, 2.45) is 0 Å². The fourth-order valence-electron chi connectivity index (χ4n) is 2.88. The first-order valence-corrected chi connectivity index (χ1v) is 8.02. The summed E-state index contributed by atoms with van der Waals surface area (Å²) in [6, 6.07) is 16.3. The first kappa shape index (κ1) is 16.2. The normalized spacial score (nSPS) is 15.2. The van der Waals surface area contributed by atoms with Crippen LogP contribution in [0.4, 0.5) is 0 Å². The second-order valence-corrected chi connectivity index (χ2v) is 5.94. The van der Waals surface area contributed by atoms with Crippen LogP contribution in [0.25, 0.3) is 0 Å². The monoisotopic (exact) mass is 324 g/mol. The molecule has 2 aromatic carbocycles. The molecule has 0 aromatic heterocycles. The Morgan fingerprint density at radius 2 is 1.46 bits per heavy atom. The molecule has 0 atom stereocenters. The summed E-state index contributed by atoms with van der Waals surface area (Å²) in [6.07, 6.45) is 0. The highest BCUT2D eigenvalue weighted by atomic mass is 16.4. The summed E-state index contributed by atoms with van der Waals surface area (Å²) < 4.78 is 0. The van der Waals surface area contributed by atoms with Crippen molar-refractivity contribution in [1.29, 1.82) is 0 Å². The maximum atomic E-state index is 12.4. The van der Waals surface area contributed by atoms with Gasteiger partial charge in [0.2, 0.25) is 0 Å². The zero-order chi connectivity index (χ0) is 16.9. The highest BCUT2D eigenvalue weighted by molar-refractivity contribution is 5.94. The lowest BCUT2D eigenvalue weighted by atomic mass is 10.1. The van der Waals surface area contributed by atoms with Gasteiger partial charge in [-0.15, -0.1) is 0 Å². The molecule has 1 fully saturated rings. The van der Waals surface area contributed by atoms with Crippen molar-refractivity contribution in [3.63, 3.8) is 0 Å². The van der Waals surface area contributed by atoms with Crippen molar-refractivity contribution in [3.8, 4) is 0 Å². The van der Waals surface area contributed by atoms with Crippen LogP contribution in [0.2, 0.25) is 0 Å². The van der Waals surface area contributed by atoms with E-state index in [0.29, 0.717) is 18.7 Å². The van der Waals surface area contributed by atoms with Gasteiger partial charge in [0, 0.05) is 38.3 Å². The second kappa shape index (κ2) is 7.27. The topological polar surface area (TPSA) is 60.9 Å². The van der Waals surface area contributed by atoms with Gasteiger partial charge < -0.3 is 10.0 Å². The van der Waals surface area contributed by atoms with Crippen molar-refractivity contribution in [3.05, 3.63) is 71.3 Å². The standard InChI is InChI=1S/C19H20N2O3/c22-18(16-4-2-1-3-5-16)21-12-10-20(11-13-21)14-15-6-8-17(9-7-15)19(23)24/h1-9H,10-14H2,(H,23,24). The summed E-state index contributed by atoms with van der Waals surface area (Å²) >= 11 is 0. The lowest BCUT2D eigenvalue weighted by molar-refractivity contribution is 0.0628. The third-order valence-electron chi connectivity index (χ3n) is 4.29. The van der Waals surface area contributed by atoms with E-state index in [0.717, 1.165) is 30.8 Å². The van der Waals surface area contributed by atoms with E-state index in [4.69, 9.17) is 5.11 Å². The minimum absolute atomic E-state index is 0.0843. The van der Waals surface area contributed by atoms with Crippen LogP contribution in [0.5, 0.6) is 0 Å². The van der Waals surface area contributed by atoms with Gasteiger partial charge in [-0.25, -0.2) is 4.79 Å². The number of hydrogen-bond donors (Lipinski definition) is 1. The summed E-state index contributed by atoms with van der Waals surface area (Å²) in [5.74, 6) is -0.823. The minimum Gasteiger partial charge on any atom is -0.478 e. The molecule has 1 aliphatic rings. The van der Waals surface area contributed by atoms with Crippen LogP contribution in [0, 0.1) is 0 Å². The molecule has 124 valence electrons. The molecular weight excluding hydrogens is 304 g/mol. The number of aromatic carboxylic acids is 1. The van der Waals surface area contributed by atoms with E-state index >= 15 is 0 Å². The Bertz CT molecular complexity index is 705. The van der Waals surface area contributed by atoms with Crippen molar-refractivity contribution in [1.82, 2.24) is 9.80 Å². The fourth-order valence-corrected chi connectivity index (χ4v) is 2.88. The molecule has 0 bridgehead atoms. The quantitative estimate of drug-likeness (QED) is 0.938. The highest BCUT2D eigenvalue weighted by Gasteiger charge is 2.21. The maximum absolute atomic E-state index is 12.4. The second-order valence-electron chi connectivity index (χ2n) is 5.94. The van der Waals surface area contributed by atoms with E-state index in [1.165, 1.54) is 0 Å². The van der Waals surface area contributed by atoms with Gasteiger partial charge in [-0.3, -0.25) is 9.69 Å². The summed E-state index contributed by atoms with van der Waals surface area (Å²) in [7, 11) is 0. The predicted molar refractivity (Wildman–Crippen MR) is 91.0 cm³/mol. The van der Waals surface area contributed by atoms with Crippen LogP contribution in [0.1, 0.15) is 26.3 Å². The van der Waals surface area contributed by atoms with Gasteiger partial charge in [0.15, 0.2) is 0 Å². The molecule has 5 heteroatoms. The molecule has 5 nitrogen and oxygen atoms in total. The summed E-state index contributed by atoms with van der Waals surface area (Å²) in [6.45, 7) is 3.83. The summed E-state index contributed by atoms with van der Waals surface area (Å²) in [5, 5.41) is 8.92. The van der Waals surface area contributed by atoms with Crippen molar-refractivity contribution >= 4 is 11.9 Å². The van der Waals surface area contributed by atoms with E-state index in [9.17, 15) is 9.59 Å². The number of piperazine rings is 1. The smallest absolute Gasteiger partial charge is 0.335 e. The van der Waals surface area contributed by atoms with Crippen molar-refractivity contribution in [2.75, 3.05) is 26.2 Å². The molecule has 3 rings (SSSR count). The zero-order valence-corrected chi connectivity index (χ0v) is 13.4. The maximum Gasteiger partial charge on any atom is 0.335 e. The molecule has 1 aliphatic heterocycles. The van der Waals surface area contributed by atoms with Crippen LogP contribution in [0.3, 0.4) is 0 Å². The third kappa shape index (κ3) is 3.81. The Hall–Kier alpha value is -2.66. The van der Waals surface area contributed by atoms with Crippen molar-refractivity contribution in [2.45, 2.75) is 6.54 Å². The zero-order valence-electron chi connectivity index (χ0n) is 13.4. The van der Waals surface area contributed by atoms with Crippen LogP contribution in [-0.2, 0) is 6.54 Å². The van der Waals surface area contributed by atoms with Crippen LogP contribution >= 0.6 is 0 Å². The van der Waals surface area contributed by atoms with Crippen molar-refractivity contribution < 1.29 is 14.7 Å². The Morgan fingerprint density at radius 3 is 2.04 bits per heavy atom. The van der Waals surface area contributed by atoms with E-state index in [-0.39, 0.29) is 5.91 Å². The third-order valence-corrected chi connectivity index (χ3v) is 4.29. The number of rotatable bonds is 4. The molecule has 1 amide bonds. The fraction of sp³-hybridized carbons (Fsp3) is 0.263. The van der Waals surface area contributed by atoms with Crippen LogP contribution in [-0.4, -0.2) is 53.0 Å². The number of benzene rings is 2. The summed E-state index contributed by atoms with van der Waals surface area (Å²) in [5.41, 5.74) is 2.12. The van der Waals surface area contributed by atoms with Gasteiger partial charge in [0.25, 0.3) is 5.91 Å². The highest BCUT2D eigenvalue weighted by Crippen LogP contribution is 2.12. The van der Waals surface area contributed by atoms with E-state index in [1.54, 1.807) is 12.1 Å². The lowest BCUT2D eigenvalue weighted by Gasteiger charge is -2.34. The van der Waals surface area contributed by atoms with Gasteiger partial charge in [-0.2, -0.15) is 0 Å². The Morgan fingerprint density at radius 1 is 0.833 bits per heavy atom. The largest absolute Gasteiger partial charge is 0.478 e. The number of hydrogen-bond acceptors (Lipinski definition) is 3. The average Bonchev–Trinajstić information content (AvgIpc) is 2.63. The molecule has 1 N–H and O–H groups in total. The first-order valence-electron chi connectivity index (χ1n) is 8.02. The van der Waals surface area contributed by atoms with Gasteiger partial charge >= 0.3 is 5.97 Å². The molecule has 0 radical (unpaired) electrons. The van der Waals surface area contributed by atoms with Gasteiger partial charge in [0.1, 0.15) is 0 Å². The van der Waals surface area contributed by atoms with E-state index in [2.05, 4.69) is 4.90 Å². The Balaban J connectivity index is 1.53. The van der Waals surface area contributed by atoms with E-state index in [1.807, 2.05) is 47.4 Å². The number of carboxylic acids is 1. The van der Waals surface area contributed by atoms with Gasteiger partial charge in [-0.1, -0.05) is 30.3 Å². The SMILES string of the molecule is O=C(O)c1ccc(CN2CCN(C(=O)c3ccccc3)CC2)cc1.